The van der Waals surface area contributed by atoms with Crippen LogP contribution in [-0.4, -0.2) is 33.9 Å². The quantitative estimate of drug-likeness (QED) is 0.943. The van der Waals surface area contributed by atoms with E-state index in [4.69, 9.17) is 9.72 Å². The standard InChI is InChI=1S/C17H26N4O/c1-11(2)16-9-15(20-17-12(3)10-18-21(16)17)13(4)19-14-5-7-22-8-6-14/h9-11,13-14,19H,5-8H2,1-4H3. The van der Waals surface area contributed by atoms with Crippen molar-refractivity contribution in [1.82, 2.24) is 19.9 Å². The lowest BCUT2D eigenvalue weighted by molar-refractivity contribution is 0.0753. The molecular weight excluding hydrogens is 276 g/mol. The summed E-state index contributed by atoms with van der Waals surface area (Å²) in [7, 11) is 0. The molecule has 1 saturated heterocycles. The summed E-state index contributed by atoms with van der Waals surface area (Å²) in [5.41, 5.74) is 4.42. The molecule has 1 atom stereocenters. The summed E-state index contributed by atoms with van der Waals surface area (Å²) in [4.78, 5) is 4.85. The van der Waals surface area contributed by atoms with Gasteiger partial charge in [0, 0.05) is 36.6 Å². The fourth-order valence-corrected chi connectivity index (χ4v) is 3.05. The highest BCUT2D eigenvalue weighted by Gasteiger charge is 2.19. The van der Waals surface area contributed by atoms with Crippen molar-refractivity contribution in [3.05, 3.63) is 29.2 Å². The number of fused-ring (bicyclic) bond motifs is 1. The zero-order valence-corrected chi connectivity index (χ0v) is 14.0. The van der Waals surface area contributed by atoms with Gasteiger partial charge in [-0.2, -0.15) is 5.10 Å². The maximum atomic E-state index is 5.43. The molecule has 120 valence electrons. The second-order valence-electron chi connectivity index (χ2n) is 6.60. The van der Waals surface area contributed by atoms with Crippen LogP contribution in [0.5, 0.6) is 0 Å². The molecule has 0 spiro atoms. The Morgan fingerprint density at radius 1 is 1.27 bits per heavy atom. The highest BCUT2D eigenvalue weighted by Crippen LogP contribution is 2.22. The second-order valence-corrected chi connectivity index (χ2v) is 6.60. The first kappa shape index (κ1) is 15.4. The van der Waals surface area contributed by atoms with Gasteiger partial charge in [-0.15, -0.1) is 0 Å². The minimum Gasteiger partial charge on any atom is -0.381 e. The maximum absolute atomic E-state index is 5.43. The van der Waals surface area contributed by atoms with Crippen molar-refractivity contribution in [2.45, 2.75) is 58.5 Å². The van der Waals surface area contributed by atoms with Gasteiger partial charge in [0.1, 0.15) is 0 Å². The van der Waals surface area contributed by atoms with E-state index < -0.39 is 0 Å². The minimum atomic E-state index is 0.236. The average Bonchev–Trinajstić information content (AvgIpc) is 2.88. The molecule has 1 N–H and O–H groups in total. The molecule has 3 rings (SSSR count). The normalized spacial score (nSPS) is 18.2. The van der Waals surface area contributed by atoms with Crippen LogP contribution in [0.25, 0.3) is 5.65 Å². The molecule has 1 aliphatic heterocycles. The molecule has 0 saturated carbocycles. The van der Waals surface area contributed by atoms with E-state index in [1.165, 1.54) is 5.69 Å². The summed E-state index contributed by atoms with van der Waals surface area (Å²) < 4.78 is 7.41. The Labute approximate surface area is 132 Å². The highest BCUT2D eigenvalue weighted by molar-refractivity contribution is 5.47. The van der Waals surface area contributed by atoms with Crippen molar-refractivity contribution in [3.63, 3.8) is 0 Å². The van der Waals surface area contributed by atoms with E-state index in [-0.39, 0.29) is 6.04 Å². The third-order valence-corrected chi connectivity index (χ3v) is 4.44. The van der Waals surface area contributed by atoms with E-state index in [1.807, 2.05) is 10.7 Å². The average molecular weight is 302 g/mol. The number of aryl methyl sites for hydroxylation is 1. The lowest BCUT2D eigenvalue weighted by Gasteiger charge is -2.27. The lowest BCUT2D eigenvalue weighted by Crippen LogP contribution is -2.36. The van der Waals surface area contributed by atoms with Crippen molar-refractivity contribution < 1.29 is 4.74 Å². The van der Waals surface area contributed by atoms with Crippen LogP contribution in [-0.2, 0) is 4.74 Å². The number of aromatic nitrogens is 3. The summed E-state index contributed by atoms with van der Waals surface area (Å²) in [5.74, 6) is 0.416. The van der Waals surface area contributed by atoms with E-state index in [2.05, 4.69) is 44.2 Å². The van der Waals surface area contributed by atoms with Crippen molar-refractivity contribution in [2.24, 2.45) is 0 Å². The molecule has 5 nitrogen and oxygen atoms in total. The van der Waals surface area contributed by atoms with Gasteiger partial charge in [0.2, 0.25) is 0 Å². The van der Waals surface area contributed by atoms with E-state index in [1.54, 1.807) is 0 Å². The molecule has 2 aromatic rings. The first-order valence-electron chi connectivity index (χ1n) is 8.25. The number of rotatable bonds is 4. The number of hydrogen-bond acceptors (Lipinski definition) is 4. The Balaban J connectivity index is 1.90. The van der Waals surface area contributed by atoms with Crippen LogP contribution in [0.1, 0.15) is 62.5 Å². The van der Waals surface area contributed by atoms with Crippen LogP contribution in [0.3, 0.4) is 0 Å². The summed E-state index contributed by atoms with van der Waals surface area (Å²) in [5, 5.41) is 8.18. The summed E-state index contributed by atoms with van der Waals surface area (Å²) >= 11 is 0. The van der Waals surface area contributed by atoms with E-state index >= 15 is 0 Å². The van der Waals surface area contributed by atoms with Gasteiger partial charge >= 0.3 is 0 Å². The molecule has 0 radical (unpaired) electrons. The van der Waals surface area contributed by atoms with E-state index in [9.17, 15) is 0 Å². The van der Waals surface area contributed by atoms with Gasteiger partial charge in [-0.25, -0.2) is 9.50 Å². The van der Waals surface area contributed by atoms with Crippen molar-refractivity contribution in [2.75, 3.05) is 13.2 Å². The summed E-state index contributed by atoms with van der Waals surface area (Å²) in [6.07, 6.45) is 4.05. The smallest absolute Gasteiger partial charge is 0.158 e. The third kappa shape index (κ3) is 3.01. The van der Waals surface area contributed by atoms with Crippen LogP contribution in [0.15, 0.2) is 12.3 Å². The number of hydrogen-bond donors (Lipinski definition) is 1. The van der Waals surface area contributed by atoms with Gasteiger partial charge in [0.05, 0.1) is 11.9 Å². The van der Waals surface area contributed by atoms with Gasteiger partial charge in [-0.3, -0.25) is 0 Å². The molecule has 0 aromatic carbocycles. The van der Waals surface area contributed by atoms with Gasteiger partial charge in [0.25, 0.3) is 0 Å². The minimum absolute atomic E-state index is 0.236. The fourth-order valence-electron chi connectivity index (χ4n) is 3.05. The first-order chi connectivity index (χ1) is 10.6. The van der Waals surface area contributed by atoms with Crippen molar-refractivity contribution >= 4 is 5.65 Å². The summed E-state index contributed by atoms with van der Waals surface area (Å²) in [6, 6.07) is 2.95. The molecule has 0 amide bonds. The highest BCUT2D eigenvalue weighted by atomic mass is 16.5. The Morgan fingerprint density at radius 3 is 2.68 bits per heavy atom. The monoisotopic (exact) mass is 302 g/mol. The zero-order chi connectivity index (χ0) is 15.7. The Morgan fingerprint density at radius 2 is 2.00 bits per heavy atom. The molecule has 1 fully saturated rings. The van der Waals surface area contributed by atoms with Crippen LogP contribution in [0, 0.1) is 6.92 Å². The van der Waals surface area contributed by atoms with Crippen LogP contribution in [0.4, 0.5) is 0 Å². The van der Waals surface area contributed by atoms with Gasteiger partial charge in [-0.1, -0.05) is 13.8 Å². The number of nitrogens with one attached hydrogen (secondary N) is 1. The molecule has 5 heteroatoms. The molecule has 3 heterocycles. The van der Waals surface area contributed by atoms with Gasteiger partial charge in [0.15, 0.2) is 5.65 Å². The predicted octanol–water partition coefficient (Wildman–Crippen LogP) is 2.99. The molecule has 2 aromatic heterocycles. The maximum Gasteiger partial charge on any atom is 0.158 e. The number of nitrogens with zero attached hydrogens (tertiary/aromatic N) is 3. The molecule has 1 unspecified atom stereocenters. The van der Waals surface area contributed by atoms with E-state index in [0.29, 0.717) is 12.0 Å². The zero-order valence-electron chi connectivity index (χ0n) is 14.0. The Hall–Kier alpha value is -1.46. The first-order valence-corrected chi connectivity index (χ1v) is 8.25. The Kier molecular flexibility index (Phi) is 4.45. The van der Waals surface area contributed by atoms with Crippen LogP contribution in [0.2, 0.25) is 0 Å². The fraction of sp³-hybridized carbons (Fsp3) is 0.647. The topological polar surface area (TPSA) is 51.5 Å². The molecule has 0 bridgehead atoms. The molecule has 1 aliphatic rings. The molecular formula is C17H26N4O. The SMILES string of the molecule is Cc1cnn2c(C(C)C)cc(C(C)NC3CCOCC3)nc12. The van der Waals surface area contributed by atoms with Gasteiger partial charge in [-0.05, 0) is 38.7 Å². The largest absolute Gasteiger partial charge is 0.381 e. The second kappa shape index (κ2) is 6.34. The van der Waals surface area contributed by atoms with Gasteiger partial charge < -0.3 is 10.1 Å². The lowest BCUT2D eigenvalue weighted by atomic mass is 10.0. The molecule has 22 heavy (non-hydrogen) atoms. The predicted molar refractivity (Wildman–Crippen MR) is 87.2 cm³/mol. The van der Waals surface area contributed by atoms with E-state index in [0.717, 1.165) is 43.0 Å². The third-order valence-electron chi connectivity index (χ3n) is 4.44. The van der Waals surface area contributed by atoms with Crippen LogP contribution < -0.4 is 5.32 Å². The molecule has 0 aliphatic carbocycles. The van der Waals surface area contributed by atoms with Crippen molar-refractivity contribution in [1.29, 1.82) is 0 Å². The Bertz CT molecular complexity index is 643. The van der Waals surface area contributed by atoms with Crippen LogP contribution >= 0.6 is 0 Å². The summed E-state index contributed by atoms with van der Waals surface area (Å²) in [6.45, 7) is 10.4. The number of ether oxygens (including phenoxy) is 1. The van der Waals surface area contributed by atoms with Crippen molar-refractivity contribution in [3.8, 4) is 0 Å².